The van der Waals surface area contributed by atoms with Crippen molar-refractivity contribution in [2.45, 2.75) is 50.1 Å². The summed E-state index contributed by atoms with van der Waals surface area (Å²) in [4.78, 5) is 20.2. The molecule has 0 saturated carbocycles. The zero-order chi connectivity index (χ0) is 14.6. The minimum Gasteiger partial charge on any atom is -0.368 e. The maximum atomic E-state index is 11.5. The van der Waals surface area contributed by atoms with Crippen LogP contribution in [0.3, 0.4) is 0 Å². The molecule has 0 aliphatic carbocycles. The highest BCUT2D eigenvalue weighted by Gasteiger charge is 2.31. The van der Waals surface area contributed by atoms with E-state index in [1.807, 2.05) is 33.8 Å². The average molecular weight is 282 g/mol. The third kappa shape index (κ3) is 4.47. The van der Waals surface area contributed by atoms with E-state index in [1.54, 1.807) is 18.8 Å². The lowest BCUT2D eigenvalue weighted by Gasteiger charge is -2.28. The Labute approximate surface area is 118 Å². The van der Waals surface area contributed by atoms with Crippen LogP contribution in [0.25, 0.3) is 0 Å². The quantitative estimate of drug-likeness (QED) is 0.609. The van der Waals surface area contributed by atoms with Crippen molar-refractivity contribution in [2.24, 2.45) is 5.73 Å². The van der Waals surface area contributed by atoms with Gasteiger partial charge in [-0.15, -0.1) is 0 Å². The van der Waals surface area contributed by atoms with Gasteiger partial charge in [-0.2, -0.15) is 0 Å². The van der Waals surface area contributed by atoms with Gasteiger partial charge in [0.25, 0.3) is 0 Å². The molecule has 5 nitrogen and oxygen atoms in total. The number of amides is 1. The van der Waals surface area contributed by atoms with Crippen LogP contribution >= 0.6 is 11.8 Å². The monoisotopic (exact) mass is 282 g/mol. The summed E-state index contributed by atoms with van der Waals surface area (Å²) in [6.45, 7) is 7.76. The van der Waals surface area contributed by atoms with E-state index in [4.69, 9.17) is 5.73 Å². The number of rotatable bonds is 6. The van der Waals surface area contributed by atoms with Crippen LogP contribution in [-0.4, -0.2) is 33.7 Å². The summed E-state index contributed by atoms with van der Waals surface area (Å²) in [6.07, 6.45) is 0.625. The number of nitrogens with one attached hydrogen (secondary N) is 1. The highest BCUT2D eigenvalue weighted by Crippen LogP contribution is 2.26. The number of nitrogens with two attached hydrogens (primary N) is 1. The molecule has 2 unspecified atom stereocenters. The molecule has 1 aromatic heterocycles. The molecule has 0 saturated heterocycles. The number of hydrogen-bond acceptors (Lipinski definition) is 5. The van der Waals surface area contributed by atoms with Crippen LogP contribution in [0.1, 0.15) is 31.7 Å². The first kappa shape index (κ1) is 15.9. The summed E-state index contributed by atoms with van der Waals surface area (Å²) in [5.41, 5.74) is 6.63. The lowest BCUT2D eigenvalue weighted by atomic mass is 9.95. The van der Waals surface area contributed by atoms with Gasteiger partial charge < -0.3 is 11.1 Å². The molecule has 106 valence electrons. The van der Waals surface area contributed by atoms with Crippen LogP contribution in [0.4, 0.5) is 0 Å². The molecular formula is C13H22N4OS. The van der Waals surface area contributed by atoms with Gasteiger partial charge in [0, 0.05) is 16.6 Å². The van der Waals surface area contributed by atoms with Gasteiger partial charge in [0.05, 0.1) is 5.54 Å². The van der Waals surface area contributed by atoms with Gasteiger partial charge in [-0.1, -0.05) is 18.7 Å². The fraction of sp³-hybridized carbons (Fsp3) is 0.615. The molecule has 0 bridgehead atoms. The Morgan fingerprint density at radius 1 is 1.47 bits per heavy atom. The minimum atomic E-state index is -0.703. The van der Waals surface area contributed by atoms with E-state index >= 15 is 0 Å². The molecule has 0 aliphatic heterocycles. The molecule has 1 heterocycles. The summed E-state index contributed by atoms with van der Waals surface area (Å²) in [7, 11) is 1.75. The van der Waals surface area contributed by atoms with E-state index in [0.29, 0.717) is 6.42 Å². The highest BCUT2D eigenvalue weighted by atomic mass is 32.2. The SMILES string of the molecule is CNC(C)(CC(C)Sc1nc(C)cc(C)n1)C(N)=O. The fourth-order valence-corrected chi connectivity index (χ4v) is 3.04. The fourth-order valence-electron chi connectivity index (χ4n) is 1.87. The van der Waals surface area contributed by atoms with E-state index < -0.39 is 5.54 Å². The number of aromatic nitrogens is 2. The predicted octanol–water partition coefficient (Wildman–Crippen LogP) is 1.43. The molecule has 1 amide bonds. The summed E-state index contributed by atoms with van der Waals surface area (Å²) >= 11 is 1.56. The van der Waals surface area contributed by atoms with Gasteiger partial charge in [0.15, 0.2) is 5.16 Å². The normalized spacial score (nSPS) is 15.8. The lowest BCUT2D eigenvalue weighted by molar-refractivity contribution is -0.123. The number of aryl methyl sites for hydroxylation is 2. The third-order valence-electron chi connectivity index (χ3n) is 3.06. The summed E-state index contributed by atoms with van der Waals surface area (Å²) in [5.74, 6) is -0.344. The number of primary amides is 1. The number of carbonyl (C=O) groups excluding carboxylic acids is 1. The molecule has 2 atom stereocenters. The van der Waals surface area contributed by atoms with Crippen LogP contribution < -0.4 is 11.1 Å². The minimum absolute atomic E-state index is 0.186. The van der Waals surface area contributed by atoms with Crippen molar-refractivity contribution in [1.82, 2.24) is 15.3 Å². The van der Waals surface area contributed by atoms with Crippen molar-refractivity contribution >= 4 is 17.7 Å². The average Bonchev–Trinajstić information content (AvgIpc) is 2.26. The predicted molar refractivity (Wildman–Crippen MR) is 78.1 cm³/mol. The van der Waals surface area contributed by atoms with Crippen LogP contribution in [0, 0.1) is 13.8 Å². The van der Waals surface area contributed by atoms with Crippen molar-refractivity contribution in [1.29, 1.82) is 0 Å². The number of carbonyl (C=O) groups is 1. The number of thioether (sulfide) groups is 1. The van der Waals surface area contributed by atoms with Crippen molar-refractivity contribution in [3.63, 3.8) is 0 Å². The van der Waals surface area contributed by atoms with E-state index in [2.05, 4.69) is 15.3 Å². The van der Waals surface area contributed by atoms with Crippen molar-refractivity contribution in [2.75, 3.05) is 7.05 Å². The first-order valence-corrected chi connectivity index (χ1v) is 7.12. The first-order valence-electron chi connectivity index (χ1n) is 6.24. The maximum Gasteiger partial charge on any atom is 0.237 e. The smallest absolute Gasteiger partial charge is 0.237 e. The molecule has 3 N–H and O–H groups in total. The Morgan fingerprint density at radius 3 is 2.42 bits per heavy atom. The van der Waals surface area contributed by atoms with Gasteiger partial charge in [-0.05, 0) is 40.3 Å². The highest BCUT2D eigenvalue weighted by molar-refractivity contribution is 7.99. The van der Waals surface area contributed by atoms with Crippen molar-refractivity contribution < 1.29 is 4.79 Å². The summed E-state index contributed by atoms with van der Waals surface area (Å²) < 4.78 is 0. The number of hydrogen-bond donors (Lipinski definition) is 2. The molecule has 0 fully saturated rings. The zero-order valence-corrected chi connectivity index (χ0v) is 13.0. The second-order valence-electron chi connectivity index (χ2n) is 5.01. The molecule has 0 aliphatic rings. The van der Waals surface area contributed by atoms with Crippen LogP contribution in [0.2, 0.25) is 0 Å². The maximum absolute atomic E-state index is 11.5. The number of likely N-dealkylation sites (N-methyl/N-ethyl adjacent to an activating group) is 1. The molecule has 1 rings (SSSR count). The molecule has 0 aromatic carbocycles. The second-order valence-corrected chi connectivity index (χ2v) is 6.42. The van der Waals surface area contributed by atoms with Crippen LogP contribution in [0.5, 0.6) is 0 Å². The Bertz CT molecular complexity index is 446. The Balaban J connectivity index is 2.74. The molecule has 0 spiro atoms. The molecular weight excluding hydrogens is 260 g/mol. The standard InChI is InChI=1S/C13H22N4OS/c1-8-6-9(2)17-12(16-8)19-10(3)7-13(4,15-5)11(14)18/h6,10,15H,7H2,1-5H3,(H2,14,18). The van der Waals surface area contributed by atoms with Crippen LogP contribution in [0.15, 0.2) is 11.2 Å². The Morgan fingerprint density at radius 2 is 2.00 bits per heavy atom. The zero-order valence-electron chi connectivity index (χ0n) is 12.2. The largest absolute Gasteiger partial charge is 0.368 e. The Kier molecular flexibility index (Phi) is 5.31. The van der Waals surface area contributed by atoms with E-state index in [9.17, 15) is 4.79 Å². The first-order chi connectivity index (χ1) is 8.76. The van der Waals surface area contributed by atoms with Gasteiger partial charge in [0.2, 0.25) is 5.91 Å². The van der Waals surface area contributed by atoms with E-state index in [0.717, 1.165) is 16.5 Å². The third-order valence-corrected chi connectivity index (χ3v) is 4.02. The van der Waals surface area contributed by atoms with Crippen molar-refractivity contribution in [3.8, 4) is 0 Å². The lowest BCUT2D eigenvalue weighted by Crippen LogP contribution is -2.52. The molecule has 19 heavy (non-hydrogen) atoms. The Hall–Kier alpha value is -1.14. The summed E-state index contributed by atoms with van der Waals surface area (Å²) in [6, 6.07) is 1.94. The summed E-state index contributed by atoms with van der Waals surface area (Å²) in [5, 5.41) is 3.92. The topological polar surface area (TPSA) is 80.9 Å². The van der Waals surface area contributed by atoms with Gasteiger partial charge in [-0.3, -0.25) is 4.79 Å². The van der Waals surface area contributed by atoms with Crippen molar-refractivity contribution in [3.05, 3.63) is 17.5 Å². The van der Waals surface area contributed by atoms with Gasteiger partial charge >= 0.3 is 0 Å². The number of nitrogens with zero attached hydrogens (tertiary/aromatic N) is 2. The molecule has 6 heteroatoms. The second kappa shape index (κ2) is 6.34. The van der Waals surface area contributed by atoms with E-state index in [1.165, 1.54) is 0 Å². The van der Waals surface area contributed by atoms with Crippen LogP contribution in [-0.2, 0) is 4.79 Å². The van der Waals surface area contributed by atoms with Gasteiger partial charge in [-0.25, -0.2) is 9.97 Å². The van der Waals surface area contributed by atoms with E-state index in [-0.39, 0.29) is 11.2 Å². The molecule has 0 radical (unpaired) electrons. The molecule has 1 aromatic rings. The van der Waals surface area contributed by atoms with Gasteiger partial charge in [0.1, 0.15) is 0 Å².